The molecule has 19 heavy (non-hydrogen) atoms. The normalized spacial score (nSPS) is 9.95. The van der Waals surface area contributed by atoms with Crippen LogP contribution in [0.4, 0.5) is 5.69 Å². The summed E-state index contributed by atoms with van der Waals surface area (Å²) in [7, 11) is 0. The van der Waals surface area contributed by atoms with Crippen LogP contribution in [0.15, 0.2) is 54.6 Å². The highest BCUT2D eigenvalue weighted by atomic mass is 16.1. The molecule has 2 aromatic carbocycles. The SMILES string of the molecule is CC(=O)Cc1ccc(C(=O)Nc2ccccc2)cc1. The van der Waals surface area contributed by atoms with Crippen molar-refractivity contribution < 1.29 is 9.59 Å². The second-order valence-electron chi connectivity index (χ2n) is 4.40. The Bertz CT molecular complexity index is 573. The number of para-hydroxylation sites is 1. The molecule has 3 nitrogen and oxygen atoms in total. The van der Waals surface area contributed by atoms with Gasteiger partial charge in [0, 0.05) is 17.7 Å². The fraction of sp³-hybridized carbons (Fsp3) is 0.125. The smallest absolute Gasteiger partial charge is 0.255 e. The third-order valence-corrected chi connectivity index (χ3v) is 2.70. The second kappa shape index (κ2) is 5.96. The zero-order chi connectivity index (χ0) is 13.7. The number of hydrogen-bond acceptors (Lipinski definition) is 2. The Labute approximate surface area is 112 Å². The molecular weight excluding hydrogens is 238 g/mol. The molecule has 0 aliphatic heterocycles. The fourth-order valence-electron chi connectivity index (χ4n) is 1.79. The highest BCUT2D eigenvalue weighted by Gasteiger charge is 2.06. The lowest BCUT2D eigenvalue weighted by atomic mass is 10.1. The van der Waals surface area contributed by atoms with Crippen LogP contribution in [0.1, 0.15) is 22.8 Å². The molecule has 0 unspecified atom stereocenters. The zero-order valence-corrected chi connectivity index (χ0v) is 10.7. The van der Waals surface area contributed by atoms with Crippen LogP contribution < -0.4 is 5.32 Å². The molecule has 0 aliphatic rings. The van der Waals surface area contributed by atoms with Gasteiger partial charge in [0.2, 0.25) is 0 Å². The van der Waals surface area contributed by atoms with Crippen molar-refractivity contribution in [2.24, 2.45) is 0 Å². The van der Waals surface area contributed by atoms with E-state index in [1.807, 2.05) is 30.3 Å². The first-order chi connectivity index (χ1) is 9.15. The predicted molar refractivity (Wildman–Crippen MR) is 75.2 cm³/mol. The maximum absolute atomic E-state index is 12.0. The number of benzene rings is 2. The summed E-state index contributed by atoms with van der Waals surface area (Å²) in [5.74, 6) is -0.0398. The van der Waals surface area contributed by atoms with Crippen LogP contribution in [0, 0.1) is 0 Å². The fourth-order valence-corrected chi connectivity index (χ4v) is 1.79. The zero-order valence-electron chi connectivity index (χ0n) is 10.7. The Morgan fingerprint density at radius 3 is 2.16 bits per heavy atom. The van der Waals surface area contributed by atoms with Gasteiger partial charge in [-0.25, -0.2) is 0 Å². The first kappa shape index (κ1) is 13.0. The van der Waals surface area contributed by atoms with Crippen molar-refractivity contribution >= 4 is 17.4 Å². The first-order valence-electron chi connectivity index (χ1n) is 6.10. The lowest BCUT2D eigenvalue weighted by Crippen LogP contribution is -2.11. The van der Waals surface area contributed by atoms with Crippen LogP contribution >= 0.6 is 0 Å². The monoisotopic (exact) mass is 253 g/mol. The summed E-state index contributed by atoms with van der Waals surface area (Å²) in [6.45, 7) is 1.55. The van der Waals surface area contributed by atoms with Crippen LogP contribution in [0.2, 0.25) is 0 Å². The summed E-state index contributed by atoms with van der Waals surface area (Å²) in [6.07, 6.45) is 0.403. The number of carbonyl (C=O) groups excluding carboxylic acids is 2. The van der Waals surface area contributed by atoms with Gasteiger partial charge in [-0.3, -0.25) is 9.59 Å². The molecule has 96 valence electrons. The van der Waals surface area contributed by atoms with Crippen molar-refractivity contribution in [2.75, 3.05) is 5.32 Å². The molecule has 2 rings (SSSR count). The van der Waals surface area contributed by atoms with E-state index in [1.54, 1.807) is 31.2 Å². The molecule has 0 atom stereocenters. The Balaban J connectivity index is 2.05. The maximum atomic E-state index is 12.0. The Kier molecular flexibility index (Phi) is 4.08. The van der Waals surface area contributed by atoms with Crippen molar-refractivity contribution in [3.8, 4) is 0 Å². The number of amides is 1. The molecule has 0 bridgehead atoms. The minimum Gasteiger partial charge on any atom is -0.322 e. The van der Waals surface area contributed by atoms with Gasteiger partial charge in [-0.05, 0) is 36.8 Å². The quantitative estimate of drug-likeness (QED) is 0.910. The Morgan fingerprint density at radius 1 is 0.947 bits per heavy atom. The van der Waals surface area contributed by atoms with Crippen LogP contribution in [0.5, 0.6) is 0 Å². The number of carbonyl (C=O) groups is 2. The average Bonchev–Trinajstić information content (AvgIpc) is 2.40. The summed E-state index contributed by atoms with van der Waals surface area (Å²) < 4.78 is 0. The standard InChI is InChI=1S/C16H15NO2/c1-12(18)11-13-7-9-14(10-8-13)16(19)17-15-5-3-2-4-6-15/h2-10H,11H2,1H3,(H,17,19). The van der Waals surface area contributed by atoms with E-state index in [-0.39, 0.29) is 11.7 Å². The van der Waals surface area contributed by atoms with Crippen LogP contribution in [-0.4, -0.2) is 11.7 Å². The molecule has 1 amide bonds. The van der Waals surface area contributed by atoms with Gasteiger partial charge < -0.3 is 5.32 Å². The molecule has 0 saturated carbocycles. The summed E-state index contributed by atoms with van der Waals surface area (Å²) in [5.41, 5.74) is 2.26. The van der Waals surface area contributed by atoms with E-state index in [0.717, 1.165) is 11.3 Å². The molecule has 3 heteroatoms. The summed E-state index contributed by atoms with van der Waals surface area (Å²) in [6, 6.07) is 16.4. The molecule has 0 heterocycles. The van der Waals surface area contributed by atoms with Gasteiger partial charge in [-0.2, -0.15) is 0 Å². The number of Topliss-reactive ketones (excluding diaryl/α,β-unsaturated/α-hetero) is 1. The Hall–Kier alpha value is -2.42. The maximum Gasteiger partial charge on any atom is 0.255 e. The number of anilines is 1. The summed E-state index contributed by atoms with van der Waals surface area (Å²) >= 11 is 0. The van der Waals surface area contributed by atoms with E-state index in [9.17, 15) is 9.59 Å². The minimum atomic E-state index is -0.152. The molecule has 0 aliphatic carbocycles. The third-order valence-electron chi connectivity index (χ3n) is 2.70. The van der Waals surface area contributed by atoms with Crippen LogP contribution in [0.25, 0.3) is 0 Å². The predicted octanol–water partition coefficient (Wildman–Crippen LogP) is 3.07. The number of ketones is 1. The highest BCUT2D eigenvalue weighted by Crippen LogP contribution is 2.10. The molecule has 0 aromatic heterocycles. The van der Waals surface area contributed by atoms with Crippen molar-refractivity contribution in [1.82, 2.24) is 0 Å². The van der Waals surface area contributed by atoms with E-state index in [2.05, 4.69) is 5.32 Å². The van der Waals surface area contributed by atoms with E-state index in [4.69, 9.17) is 0 Å². The van der Waals surface area contributed by atoms with Crippen molar-refractivity contribution in [1.29, 1.82) is 0 Å². The van der Waals surface area contributed by atoms with Gasteiger partial charge >= 0.3 is 0 Å². The van der Waals surface area contributed by atoms with Crippen LogP contribution in [-0.2, 0) is 11.2 Å². The third kappa shape index (κ3) is 3.78. The van der Waals surface area contributed by atoms with Crippen molar-refractivity contribution in [3.05, 3.63) is 65.7 Å². The van der Waals surface area contributed by atoms with Gasteiger partial charge in [0.1, 0.15) is 5.78 Å². The first-order valence-corrected chi connectivity index (χ1v) is 6.10. The van der Waals surface area contributed by atoms with E-state index in [1.165, 1.54) is 0 Å². The van der Waals surface area contributed by atoms with Gasteiger partial charge in [-0.15, -0.1) is 0 Å². The number of nitrogens with one attached hydrogen (secondary N) is 1. The van der Waals surface area contributed by atoms with E-state index >= 15 is 0 Å². The van der Waals surface area contributed by atoms with Crippen LogP contribution in [0.3, 0.4) is 0 Å². The number of hydrogen-bond donors (Lipinski definition) is 1. The summed E-state index contributed by atoms with van der Waals surface area (Å²) in [4.78, 5) is 23.0. The van der Waals surface area contributed by atoms with Gasteiger partial charge in [0.25, 0.3) is 5.91 Å². The molecule has 2 aromatic rings. The molecule has 0 saturated heterocycles. The molecule has 0 spiro atoms. The highest BCUT2D eigenvalue weighted by molar-refractivity contribution is 6.04. The minimum absolute atomic E-state index is 0.112. The van der Waals surface area contributed by atoms with Gasteiger partial charge in [0.15, 0.2) is 0 Å². The molecule has 0 fully saturated rings. The summed E-state index contributed by atoms with van der Waals surface area (Å²) in [5, 5.41) is 2.81. The lowest BCUT2D eigenvalue weighted by molar-refractivity contribution is -0.116. The molecule has 1 N–H and O–H groups in total. The molecule has 0 radical (unpaired) electrons. The average molecular weight is 253 g/mol. The van der Waals surface area contributed by atoms with Gasteiger partial charge in [0.05, 0.1) is 0 Å². The van der Waals surface area contributed by atoms with E-state index < -0.39 is 0 Å². The Morgan fingerprint density at radius 2 is 1.58 bits per heavy atom. The van der Waals surface area contributed by atoms with Gasteiger partial charge in [-0.1, -0.05) is 30.3 Å². The largest absolute Gasteiger partial charge is 0.322 e. The van der Waals surface area contributed by atoms with Crippen molar-refractivity contribution in [3.63, 3.8) is 0 Å². The number of rotatable bonds is 4. The lowest BCUT2D eigenvalue weighted by Gasteiger charge is -2.05. The van der Waals surface area contributed by atoms with E-state index in [0.29, 0.717) is 12.0 Å². The molecular formula is C16H15NO2. The van der Waals surface area contributed by atoms with Crippen molar-refractivity contribution in [2.45, 2.75) is 13.3 Å². The topological polar surface area (TPSA) is 46.2 Å². The second-order valence-corrected chi connectivity index (χ2v) is 4.40.